The van der Waals surface area contributed by atoms with E-state index in [-0.39, 0.29) is 0 Å². The Morgan fingerprint density at radius 3 is 2.67 bits per heavy atom. The molecule has 2 heterocycles. The van der Waals surface area contributed by atoms with Gasteiger partial charge in [0.2, 0.25) is 0 Å². The average Bonchev–Trinajstić information content (AvgIpc) is 2.40. The van der Waals surface area contributed by atoms with Gasteiger partial charge in [-0.05, 0) is 33.8 Å². The van der Waals surface area contributed by atoms with Crippen molar-refractivity contribution in [3.63, 3.8) is 0 Å². The Bertz CT molecular complexity index is 505. The minimum atomic E-state index is -0.516. The summed E-state index contributed by atoms with van der Waals surface area (Å²) in [6.45, 7) is 10.5. The molecule has 2 rings (SSSR count). The highest BCUT2D eigenvalue weighted by Crippen LogP contribution is 2.25. The van der Waals surface area contributed by atoms with Gasteiger partial charge < -0.3 is 14.4 Å². The summed E-state index contributed by atoms with van der Waals surface area (Å²) in [6, 6.07) is 1.78. The maximum atomic E-state index is 11.9. The fourth-order valence-electron chi connectivity index (χ4n) is 2.17. The summed E-state index contributed by atoms with van der Waals surface area (Å²) in [7, 11) is 0. The van der Waals surface area contributed by atoms with Crippen LogP contribution in [0.5, 0.6) is 0 Å². The number of rotatable bonds is 2. The quantitative estimate of drug-likeness (QED) is 0.908. The molecule has 1 saturated heterocycles. The predicted octanol–water partition coefficient (Wildman–Crippen LogP) is 2.57. The first-order valence-corrected chi connectivity index (χ1v) is 7.15. The minimum absolute atomic E-state index is 0.454. The molecule has 0 spiro atoms. The van der Waals surface area contributed by atoms with Crippen molar-refractivity contribution in [3.8, 4) is 0 Å². The van der Waals surface area contributed by atoms with E-state index < -0.39 is 11.7 Å². The number of carbonyl (C=O) groups excluding carboxylic acids is 1. The van der Waals surface area contributed by atoms with Crippen molar-refractivity contribution in [2.24, 2.45) is 0 Å². The van der Waals surface area contributed by atoms with Crippen LogP contribution < -0.4 is 10.2 Å². The molecule has 0 unspecified atom stereocenters. The second-order valence-corrected chi connectivity index (χ2v) is 6.03. The van der Waals surface area contributed by atoms with E-state index in [0.717, 1.165) is 30.2 Å². The number of ether oxygens (including phenoxy) is 2. The summed E-state index contributed by atoms with van der Waals surface area (Å²) in [5, 5.41) is 2.79. The lowest BCUT2D eigenvalue weighted by molar-refractivity contribution is 0.0636. The number of anilines is 2. The molecule has 1 N–H and O–H groups in total. The fraction of sp³-hybridized carbons (Fsp3) is 0.600. The Kier molecular flexibility index (Phi) is 4.67. The summed E-state index contributed by atoms with van der Waals surface area (Å²) >= 11 is 0. The minimum Gasteiger partial charge on any atom is -0.444 e. The van der Waals surface area contributed by atoms with Crippen LogP contribution in [0.2, 0.25) is 0 Å². The molecule has 0 saturated carbocycles. The Morgan fingerprint density at radius 1 is 1.38 bits per heavy atom. The van der Waals surface area contributed by atoms with E-state index in [4.69, 9.17) is 9.47 Å². The van der Waals surface area contributed by atoms with E-state index in [1.54, 1.807) is 12.3 Å². The van der Waals surface area contributed by atoms with E-state index in [2.05, 4.69) is 15.2 Å². The monoisotopic (exact) mass is 293 g/mol. The predicted molar refractivity (Wildman–Crippen MR) is 81.9 cm³/mol. The number of hydrogen-bond acceptors (Lipinski definition) is 5. The standard InChI is InChI=1S/C15H23N3O3/c1-11-12(17-14(19)21-15(2,3)4)5-6-16-13(11)18-7-9-20-10-8-18/h5-6H,7-10H2,1-4H3,(H,16,17,19). The first-order chi connectivity index (χ1) is 9.87. The van der Waals surface area contributed by atoms with Gasteiger partial charge in [0.1, 0.15) is 11.4 Å². The van der Waals surface area contributed by atoms with E-state index in [1.807, 2.05) is 27.7 Å². The normalized spacial score (nSPS) is 15.7. The SMILES string of the molecule is Cc1c(NC(=O)OC(C)(C)C)ccnc1N1CCOCC1. The first-order valence-electron chi connectivity index (χ1n) is 7.15. The Hall–Kier alpha value is -1.82. The molecule has 0 aromatic carbocycles. The Morgan fingerprint density at radius 2 is 2.05 bits per heavy atom. The third-order valence-electron chi connectivity index (χ3n) is 3.12. The van der Waals surface area contributed by atoms with Gasteiger partial charge in [-0.1, -0.05) is 0 Å². The van der Waals surface area contributed by atoms with Gasteiger partial charge >= 0.3 is 6.09 Å². The molecule has 1 fully saturated rings. The van der Waals surface area contributed by atoms with Crippen molar-refractivity contribution in [1.29, 1.82) is 0 Å². The number of amides is 1. The summed E-state index contributed by atoms with van der Waals surface area (Å²) in [6.07, 6.45) is 1.24. The van der Waals surface area contributed by atoms with Crippen molar-refractivity contribution in [1.82, 2.24) is 4.98 Å². The van der Waals surface area contributed by atoms with Crippen LogP contribution in [0, 0.1) is 6.92 Å². The second-order valence-electron chi connectivity index (χ2n) is 6.03. The lowest BCUT2D eigenvalue weighted by Crippen LogP contribution is -2.37. The van der Waals surface area contributed by atoms with E-state index >= 15 is 0 Å². The molecule has 116 valence electrons. The van der Waals surface area contributed by atoms with E-state index in [9.17, 15) is 4.79 Å². The van der Waals surface area contributed by atoms with Crippen molar-refractivity contribution < 1.29 is 14.3 Å². The molecule has 0 atom stereocenters. The molecule has 1 aromatic heterocycles. The van der Waals surface area contributed by atoms with Crippen molar-refractivity contribution in [2.75, 3.05) is 36.5 Å². The summed E-state index contributed by atoms with van der Waals surface area (Å²) in [5.74, 6) is 0.881. The molecule has 1 aliphatic heterocycles. The van der Waals surface area contributed by atoms with E-state index in [1.165, 1.54) is 0 Å². The zero-order valence-electron chi connectivity index (χ0n) is 13.1. The highest BCUT2D eigenvalue weighted by Gasteiger charge is 2.19. The number of nitrogens with zero attached hydrogens (tertiary/aromatic N) is 2. The van der Waals surface area contributed by atoms with Crippen LogP contribution in [0.3, 0.4) is 0 Å². The van der Waals surface area contributed by atoms with Crippen LogP contribution in [-0.4, -0.2) is 43.0 Å². The molecule has 0 bridgehead atoms. The Labute approximate surface area is 125 Å². The van der Waals surface area contributed by atoms with Gasteiger partial charge in [0.05, 0.1) is 18.9 Å². The molecule has 1 aromatic rings. The van der Waals surface area contributed by atoms with Gasteiger partial charge in [-0.2, -0.15) is 0 Å². The zero-order chi connectivity index (χ0) is 15.5. The topological polar surface area (TPSA) is 63.7 Å². The van der Waals surface area contributed by atoms with Gasteiger partial charge in [0.15, 0.2) is 0 Å². The molecule has 21 heavy (non-hydrogen) atoms. The molecule has 6 nitrogen and oxygen atoms in total. The maximum absolute atomic E-state index is 11.9. The van der Waals surface area contributed by atoms with Crippen LogP contribution in [0.4, 0.5) is 16.3 Å². The average molecular weight is 293 g/mol. The lowest BCUT2D eigenvalue weighted by Gasteiger charge is -2.29. The number of nitrogens with one attached hydrogen (secondary N) is 1. The molecule has 1 aliphatic rings. The molecule has 1 amide bonds. The van der Waals surface area contributed by atoms with E-state index in [0.29, 0.717) is 13.2 Å². The largest absolute Gasteiger partial charge is 0.444 e. The Balaban J connectivity index is 2.12. The third-order valence-corrected chi connectivity index (χ3v) is 3.12. The fourth-order valence-corrected chi connectivity index (χ4v) is 2.17. The summed E-state index contributed by atoms with van der Waals surface area (Å²) in [4.78, 5) is 18.5. The molecular weight excluding hydrogens is 270 g/mol. The van der Waals surface area contributed by atoms with Crippen LogP contribution in [0.15, 0.2) is 12.3 Å². The third kappa shape index (κ3) is 4.32. The van der Waals surface area contributed by atoms with Gasteiger partial charge in [-0.3, -0.25) is 5.32 Å². The van der Waals surface area contributed by atoms with Gasteiger partial charge in [-0.25, -0.2) is 9.78 Å². The van der Waals surface area contributed by atoms with Gasteiger partial charge in [-0.15, -0.1) is 0 Å². The highest BCUT2D eigenvalue weighted by molar-refractivity contribution is 5.87. The first kappa shape index (κ1) is 15.6. The molecule has 0 radical (unpaired) electrons. The van der Waals surface area contributed by atoms with Crippen molar-refractivity contribution in [3.05, 3.63) is 17.8 Å². The molecule has 6 heteroatoms. The van der Waals surface area contributed by atoms with Crippen LogP contribution in [0.25, 0.3) is 0 Å². The van der Waals surface area contributed by atoms with Crippen molar-refractivity contribution >= 4 is 17.6 Å². The van der Waals surface area contributed by atoms with Gasteiger partial charge in [0.25, 0.3) is 0 Å². The van der Waals surface area contributed by atoms with Crippen LogP contribution in [0.1, 0.15) is 26.3 Å². The van der Waals surface area contributed by atoms with Crippen molar-refractivity contribution in [2.45, 2.75) is 33.3 Å². The highest BCUT2D eigenvalue weighted by atomic mass is 16.6. The maximum Gasteiger partial charge on any atom is 0.412 e. The molecular formula is C15H23N3O3. The number of aromatic nitrogens is 1. The lowest BCUT2D eigenvalue weighted by atomic mass is 10.2. The van der Waals surface area contributed by atoms with Crippen LogP contribution in [-0.2, 0) is 9.47 Å². The molecule has 0 aliphatic carbocycles. The summed E-state index contributed by atoms with van der Waals surface area (Å²) in [5.41, 5.74) is 1.14. The zero-order valence-corrected chi connectivity index (χ0v) is 13.1. The van der Waals surface area contributed by atoms with Gasteiger partial charge in [0, 0.05) is 24.8 Å². The second kappa shape index (κ2) is 6.30. The summed E-state index contributed by atoms with van der Waals surface area (Å²) < 4.78 is 10.6. The number of morpholine rings is 1. The number of carbonyl (C=O) groups is 1. The number of hydrogen-bond donors (Lipinski definition) is 1. The van der Waals surface area contributed by atoms with Crippen LogP contribution >= 0.6 is 0 Å². The number of pyridine rings is 1. The smallest absolute Gasteiger partial charge is 0.412 e.